The van der Waals surface area contributed by atoms with Crippen molar-refractivity contribution in [2.24, 2.45) is 12.8 Å². The summed E-state index contributed by atoms with van der Waals surface area (Å²) in [6, 6.07) is 0.0434. The molecule has 0 radical (unpaired) electrons. The Morgan fingerprint density at radius 3 is 2.88 bits per heavy atom. The van der Waals surface area contributed by atoms with Crippen LogP contribution in [0.1, 0.15) is 24.4 Å². The fraction of sp³-hybridized carbons (Fsp3) is 0.455. The minimum Gasteiger partial charge on any atom is -0.338 e. The molecule has 1 unspecified atom stereocenters. The predicted molar refractivity (Wildman–Crippen MR) is 61.7 cm³/mol. The topological polar surface area (TPSA) is 61.7 Å². The highest BCUT2D eigenvalue weighted by Gasteiger charge is 2.04. The Kier molecular flexibility index (Phi) is 3.05. The van der Waals surface area contributed by atoms with E-state index in [4.69, 9.17) is 5.73 Å². The van der Waals surface area contributed by atoms with Crippen LogP contribution in [0.15, 0.2) is 24.8 Å². The van der Waals surface area contributed by atoms with Crippen LogP contribution in [0.3, 0.4) is 0 Å². The van der Waals surface area contributed by atoms with Crippen LogP contribution in [-0.4, -0.2) is 19.3 Å². The number of hydrogen-bond donors (Lipinski definition) is 1. The van der Waals surface area contributed by atoms with Gasteiger partial charge in [0.25, 0.3) is 0 Å². The molecule has 0 aromatic carbocycles. The summed E-state index contributed by atoms with van der Waals surface area (Å²) in [6.45, 7) is 2.79. The molecule has 0 aliphatic heterocycles. The van der Waals surface area contributed by atoms with Gasteiger partial charge in [-0.3, -0.25) is 4.68 Å². The van der Waals surface area contributed by atoms with Gasteiger partial charge in [-0.1, -0.05) is 0 Å². The Labute approximate surface area is 94.9 Å². The minimum atomic E-state index is 0.0434. The Balaban J connectivity index is 1.97. The highest BCUT2D eigenvalue weighted by molar-refractivity contribution is 5.08. The molecule has 2 rings (SSSR count). The van der Waals surface area contributed by atoms with Gasteiger partial charge in [-0.2, -0.15) is 5.10 Å². The molecule has 1 atom stereocenters. The second-order valence-electron chi connectivity index (χ2n) is 4.03. The lowest BCUT2D eigenvalue weighted by Crippen LogP contribution is -2.06. The summed E-state index contributed by atoms with van der Waals surface area (Å²) in [5.74, 6) is 1.07. The standard InChI is InChI=1S/C11H17N5/c1-9(12)10-7-14-16(8-10)5-3-11-13-4-6-15(11)2/h4,6-9H,3,5,12H2,1-2H3. The first-order valence-electron chi connectivity index (χ1n) is 5.41. The second kappa shape index (κ2) is 4.49. The Morgan fingerprint density at radius 1 is 1.50 bits per heavy atom. The third kappa shape index (κ3) is 2.30. The number of aryl methyl sites for hydroxylation is 3. The van der Waals surface area contributed by atoms with E-state index in [-0.39, 0.29) is 6.04 Å². The van der Waals surface area contributed by atoms with E-state index in [2.05, 4.69) is 10.1 Å². The van der Waals surface area contributed by atoms with Gasteiger partial charge in [0.15, 0.2) is 0 Å². The molecule has 0 saturated carbocycles. The average Bonchev–Trinajstić information content (AvgIpc) is 2.83. The molecule has 0 saturated heterocycles. The van der Waals surface area contributed by atoms with Crippen molar-refractivity contribution in [2.75, 3.05) is 0 Å². The van der Waals surface area contributed by atoms with Gasteiger partial charge >= 0.3 is 0 Å². The first kappa shape index (κ1) is 10.9. The minimum absolute atomic E-state index is 0.0434. The smallest absolute Gasteiger partial charge is 0.110 e. The maximum absolute atomic E-state index is 5.77. The normalized spacial score (nSPS) is 12.9. The molecule has 0 aliphatic rings. The molecule has 0 amide bonds. The molecule has 16 heavy (non-hydrogen) atoms. The summed E-state index contributed by atoms with van der Waals surface area (Å²) in [4.78, 5) is 4.27. The molecule has 2 N–H and O–H groups in total. The zero-order valence-electron chi connectivity index (χ0n) is 9.67. The highest BCUT2D eigenvalue weighted by atomic mass is 15.3. The van der Waals surface area contributed by atoms with Crippen molar-refractivity contribution in [1.29, 1.82) is 0 Å². The molecule has 2 aromatic heterocycles. The van der Waals surface area contributed by atoms with E-state index in [0.717, 1.165) is 24.4 Å². The van der Waals surface area contributed by atoms with Crippen LogP contribution >= 0.6 is 0 Å². The van der Waals surface area contributed by atoms with Crippen LogP contribution in [-0.2, 0) is 20.0 Å². The van der Waals surface area contributed by atoms with Gasteiger partial charge in [0.1, 0.15) is 5.82 Å². The van der Waals surface area contributed by atoms with Gasteiger partial charge in [0.05, 0.1) is 6.20 Å². The van der Waals surface area contributed by atoms with E-state index < -0.39 is 0 Å². The lowest BCUT2D eigenvalue weighted by molar-refractivity contribution is 0.588. The maximum Gasteiger partial charge on any atom is 0.110 e. The average molecular weight is 219 g/mol. The largest absolute Gasteiger partial charge is 0.338 e. The van der Waals surface area contributed by atoms with E-state index in [1.54, 1.807) is 0 Å². The van der Waals surface area contributed by atoms with Crippen molar-refractivity contribution < 1.29 is 0 Å². The van der Waals surface area contributed by atoms with Gasteiger partial charge in [0, 0.05) is 50.2 Å². The van der Waals surface area contributed by atoms with Crippen LogP contribution in [0.5, 0.6) is 0 Å². The molecule has 5 nitrogen and oxygen atoms in total. The van der Waals surface area contributed by atoms with Gasteiger partial charge in [-0.05, 0) is 6.92 Å². The van der Waals surface area contributed by atoms with Gasteiger partial charge in [-0.25, -0.2) is 4.98 Å². The summed E-state index contributed by atoms with van der Waals surface area (Å²) in [6.07, 6.45) is 8.46. The van der Waals surface area contributed by atoms with Crippen LogP contribution in [0.2, 0.25) is 0 Å². The van der Waals surface area contributed by atoms with Gasteiger partial charge in [-0.15, -0.1) is 0 Å². The summed E-state index contributed by atoms with van der Waals surface area (Å²) >= 11 is 0. The fourth-order valence-corrected chi connectivity index (χ4v) is 1.59. The molecule has 0 spiro atoms. The van der Waals surface area contributed by atoms with Crippen molar-refractivity contribution >= 4 is 0 Å². The summed E-state index contributed by atoms with van der Waals surface area (Å²) in [5, 5.41) is 4.27. The lowest BCUT2D eigenvalue weighted by atomic mass is 10.2. The van der Waals surface area contributed by atoms with E-state index in [1.807, 2.05) is 48.0 Å². The first-order valence-corrected chi connectivity index (χ1v) is 5.41. The predicted octanol–water partition coefficient (Wildman–Crippen LogP) is 0.879. The zero-order chi connectivity index (χ0) is 11.5. The van der Waals surface area contributed by atoms with Crippen molar-refractivity contribution in [1.82, 2.24) is 19.3 Å². The number of aromatic nitrogens is 4. The third-order valence-corrected chi connectivity index (χ3v) is 2.66. The van der Waals surface area contributed by atoms with E-state index in [0.29, 0.717) is 0 Å². The molecule has 0 bridgehead atoms. The molecule has 0 aliphatic carbocycles. The summed E-state index contributed by atoms with van der Waals surface area (Å²) in [7, 11) is 2.00. The molecule has 5 heteroatoms. The zero-order valence-corrected chi connectivity index (χ0v) is 9.67. The van der Waals surface area contributed by atoms with Crippen molar-refractivity contribution in [3.8, 4) is 0 Å². The number of rotatable bonds is 4. The molecule has 2 heterocycles. The molecular weight excluding hydrogens is 202 g/mol. The Hall–Kier alpha value is -1.62. The highest BCUT2D eigenvalue weighted by Crippen LogP contribution is 2.07. The van der Waals surface area contributed by atoms with E-state index >= 15 is 0 Å². The van der Waals surface area contributed by atoms with Crippen LogP contribution in [0.25, 0.3) is 0 Å². The van der Waals surface area contributed by atoms with Gasteiger partial charge in [0.2, 0.25) is 0 Å². The Bertz CT molecular complexity index is 454. The number of nitrogens with zero attached hydrogens (tertiary/aromatic N) is 4. The number of imidazole rings is 1. The van der Waals surface area contributed by atoms with Crippen LogP contribution in [0, 0.1) is 0 Å². The molecule has 2 aromatic rings. The Morgan fingerprint density at radius 2 is 2.31 bits per heavy atom. The quantitative estimate of drug-likeness (QED) is 0.830. The van der Waals surface area contributed by atoms with Crippen molar-refractivity contribution in [3.05, 3.63) is 36.2 Å². The molecular formula is C11H17N5. The van der Waals surface area contributed by atoms with Crippen molar-refractivity contribution in [2.45, 2.75) is 25.9 Å². The van der Waals surface area contributed by atoms with Crippen LogP contribution < -0.4 is 5.73 Å². The van der Waals surface area contributed by atoms with Crippen LogP contribution in [0.4, 0.5) is 0 Å². The second-order valence-corrected chi connectivity index (χ2v) is 4.03. The monoisotopic (exact) mass is 219 g/mol. The summed E-state index contributed by atoms with van der Waals surface area (Å²) in [5.41, 5.74) is 6.84. The first-order chi connectivity index (χ1) is 7.66. The SMILES string of the molecule is CC(N)c1cnn(CCc2nccn2C)c1. The number of nitrogens with two attached hydrogens (primary N) is 1. The third-order valence-electron chi connectivity index (χ3n) is 2.66. The summed E-state index contributed by atoms with van der Waals surface area (Å²) < 4.78 is 3.93. The van der Waals surface area contributed by atoms with E-state index in [9.17, 15) is 0 Å². The molecule has 86 valence electrons. The fourth-order valence-electron chi connectivity index (χ4n) is 1.59. The number of hydrogen-bond acceptors (Lipinski definition) is 3. The lowest BCUT2D eigenvalue weighted by Gasteiger charge is -2.02. The van der Waals surface area contributed by atoms with Gasteiger partial charge < -0.3 is 10.3 Å². The van der Waals surface area contributed by atoms with Crippen molar-refractivity contribution in [3.63, 3.8) is 0 Å². The van der Waals surface area contributed by atoms with E-state index in [1.165, 1.54) is 0 Å². The maximum atomic E-state index is 5.77. The molecule has 0 fully saturated rings.